The summed E-state index contributed by atoms with van der Waals surface area (Å²) in [6.45, 7) is 3.82. The van der Waals surface area contributed by atoms with Crippen molar-refractivity contribution in [2.45, 2.75) is 49.8 Å². The molecule has 1 saturated carbocycles. The second kappa shape index (κ2) is 10.7. The van der Waals surface area contributed by atoms with Gasteiger partial charge in [-0.25, -0.2) is 4.89 Å². The van der Waals surface area contributed by atoms with Crippen molar-refractivity contribution in [1.29, 1.82) is 0 Å². The van der Waals surface area contributed by atoms with Crippen LogP contribution in [0.3, 0.4) is 0 Å². The van der Waals surface area contributed by atoms with Crippen molar-refractivity contribution in [3.05, 3.63) is 82.1 Å². The van der Waals surface area contributed by atoms with Crippen LogP contribution >= 0.6 is 11.6 Å². The van der Waals surface area contributed by atoms with Crippen molar-refractivity contribution >= 4 is 17.7 Å². The van der Waals surface area contributed by atoms with E-state index in [9.17, 15) is 5.11 Å². The molecule has 2 N–H and O–H groups in total. The lowest BCUT2D eigenvalue weighted by Gasteiger charge is -2.59. The highest BCUT2D eigenvalue weighted by Crippen LogP contribution is 2.61. The Bertz CT molecular complexity index is 1070. The second-order valence-electron chi connectivity index (χ2n) is 8.83. The summed E-state index contributed by atoms with van der Waals surface area (Å²) < 4.78 is 17.2. The minimum Gasteiger partial charge on any atom is -0.497 e. The molecule has 7 nitrogen and oxygen atoms in total. The third-order valence-electron chi connectivity index (χ3n) is 6.65. The van der Waals surface area contributed by atoms with Crippen LogP contribution in [-0.4, -0.2) is 42.7 Å². The Morgan fingerprint density at radius 3 is 2.40 bits per heavy atom. The first-order valence-electron chi connectivity index (χ1n) is 11.5. The average molecular weight is 503 g/mol. The lowest BCUT2D eigenvalue weighted by molar-refractivity contribution is -0.631. The van der Waals surface area contributed by atoms with Crippen molar-refractivity contribution in [3.63, 3.8) is 0 Å². The first kappa shape index (κ1) is 25.7. The molecule has 0 bridgehead atoms. The normalized spacial score (nSPS) is 21.4. The lowest BCUT2D eigenvalue weighted by atomic mass is 9.70. The van der Waals surface area contributed by atoms with Gasteiger partial charge in [0.2, 0.25) is 0 Å². The molecule has 2 aliphatic rings. The molecule has 1 saturated heterocycles. The fraction of sp³-hybridized carbons (Fsp3) is 0.407. The maximum Gasteiger partial charge on any atom is 0.261 e. The zero-order chi connectivity index (χ0) is 25.1. The Kier molecular flexibility index (Phi) is 7.86. The number of halogens is 1. The number of aliphatic hydroxyl groups excluding tert-OH is 2. The molecule has 1 heterocycles. The van der Waals surface area contributed by atoms with E-state index in [0.717, 1.165) is 36.0 Å². The minimum atomic E-state index is -1.09. The zero-order valence-electron chi connectivity index (χ0n) is 20.0. The first-order valence-corrected chi connectivity index (χ1v) is 11.9. The van der Waals surface area contributed by atoms with E-state index < -0.39 is 17.5 Å². The van der Waals surface area contributed by atoms with Gasteiger partial charge in [0.25, 0.3) is 5.79 Å². The summed E-state index contributed by atoms with van der Waals surface area (Å²) in [5.41, 5.74) is 2.70. The summed E-state index contributed by atoms with van der Waals surface area (Å²) in [6, 6.07) is 11.4. The molecule has 2 aromatic carbocycles. The fourth-order valence-electron chi connectivity index (χ4n) is 4.38. The second-order valence-corrected chi connectivity index (χ2v) is 9.21. The highest BCUT2D eigenvalue weighted by atomic mass is 35.5. The van der Waals surface area contributed by atoms with Crippen molar-refractivity contribution in [2.75, 3.05) is 20.8 Å². The van der Waals surface area contributed by atoms with Gasteiger partial charge < -0.3 is 24.4 Å². The van der Waals surface area contributed by atoms with Gasteiger partial charge in [0.1, 0.15) is 18.1 Å². The molecule has 0 aromatic heterocycles. The largest absolute Gasteiger partial charge is 0.497 e. The number of aliphatic hydroxyl groups is 2. The van der Waals surface area contributed by atoms with E-state index in [1.54, 1.807) is 20.3 Å². The van der Waals surface area contributed by atoms with Gasteiger partial charge >= 0.3 is 0 Å². The maximum atomic E-state index is 9.66. The molecule has 8 heteroatoms. The van der Waals surface area contributed by atoms with Crippen LogP contribution in [0.2, 0.25) is 5.02 Å². The molecular formula is C27H31ClO7. The van der Waals surface area contributed by atoms with Crippen LogP contribution in [0.5, 0.6) is 5.75 Å². The first-order chi connectivity index (χ1) is 16.9. The van der Waals surface area contributed by atoms with Crippen LogP contribution in [-0.2, 0) is 38.1 Å². The molecule has 1 aliphatic carbocycles. The number of rotatable bonds is 11. The molecular weight excluding hydrogens is 472 g/mol. The summed E-state index contributed by atoms with van der Waals surface area (Å²) in [6.07, 6.45) is 5.84. The van der Waals surface area contributed by atoms with E-state index in [1.165, 1.54) is 0 Å². The predicted molar refractivity (Wildman–Crippen MR) is 132 cm³/mol. The highest BCUT2D eigenvalue weighted by molar-refractivity contribution is 6.33. The quantitative estimate of drug-likeness (QED) is 0.262. The van der Waals surface area contributed by atoms with E-state index in [2.05, 4.69) is 6.58 Å². The van der Waals surface area contributed by atoms with E-state index in [0.29, 0.717) is 28.5 Å². The van der Waals surface area contributed by atoms with Gasteiger partial charge in [0.15, 0.2) is 5.60 Å². The molecule has 1 spiro atoms. The number of methoxy groups -OCH3 is 2. The third kappa shape index (κ3) is 4.85. The molecule has 188 valence electrons. The number of ether oxygens (including phenoxy) is 3. The van der Waals surface area contributed by atoms with Gasteiger partial charge in [-0.15, -0.1) is 0 Å². The van der Waals surface area contributed by atoms with Gasteiger partial charge in [0, 0.05) is 24.7 Å². The van der Waals surface area contributed by atoms with Gasteiger partial charge in [-0.2, -0.15) is 4.89 Å². The molecule has 1 aliphatic heterocycles. The van der Waals surface area contributed by atoms with Gasteiger partial charge in [-0.3, -0.25) is 0 Å². The SMILES string of the molecule is C=C(/C=C/c1ccc(C2(OC)OOC23CCC3)c(Cl)c1OCc1ccc(CC(O)CO)cc1)OC. The fourth-order valence-corrected chi connectivity index (χ4v) is 4.73. The van der Waals surface area contributed by atoms with Crippen molar-refractivity contribution in [2.24, 2.45) is 0 Å². The van der Waals surface area contributed by atoms with Crippen LogP contribution < -0.4 is 4.74 Å². The van der Waals surface area contributed by atoms with Crippen LogP contribution in [0.1, 0.15) is 41.5 Å². The van der Waals surface area contributed by atoms with Crippen molar-refractivity contribution in [1.82, 2.24) is 0 Å². The number of hydrogen-bond donors (Lipinski definition) is 2. The standard InChI is InChI=1S/C27H31ClO7/c1-18(31-2)5-10-21-11-12-23(27(32-3)26(34-35-27)13-4-14-26)24(28)25(21)33-17-20-8-6-19(7-9-20)15-22(30)16-29/h5-12,22,29-30H,1,4,13-17H2,2-3H3/b10-5+. The molecule has 35 heavy (non-hydrogen) atoms. The van der Waals surface area contributed by atoms with E-state index >= 15 is 0 Å². The van der Waals surface area contributed by atoms with Crippen LogP contribution in [0, 0.1) is 0 Å². The zero-order valence-corrected chi connectivity index (χ0v) is 20.7. The maximum absolute atomic E-state index is 9.66. The van der Waals surface area contributed by atoms with Gasteiger partial charge in [-0.1, -0.05) is 54.6 Å². The van der Waals surface area contributed by atoms with Crippen LogP contribution in [0.4, 0.5) is 0 Å². The van der Waals surface area contributed by atoms with Crippen molar-refractivity contribution in [3.8, 4) is 5.75 Å². The molecule has 2 unspecified atom stereocenters. The van der Waals surface area contributed by atoms with Crippen LogP contribution in [0.15, 0.2) is 54.8 Å². The molecule has 2 atom stereocenters. The predicted octanol–water partition coefficient (Wildman–Crippen LogP) is 4.67. The lowest BCUT2D eigenvalue weighted by Crippen LogP contribution is -2.69. The topological polar surface area (TPSA) is 86.6 Å². The number of allylic oxidation sites excluding steroid dienone is 1. The molecule has 2 fully saturated rings. The summed E-state index contributed by atoms with van der Waals surface area (Å²) in [5.74, 6) is -0.117. The van der Waals surface area contributed by atoms with Crippen molar-refractivity contribution < 1.29 is 34.2 Å². The summed E-state index contributed by atoms with van der Waals surface area (Å²) in [4.78, 5) is 11.1. The third-order valence-corrected chi connectivity index (χ3v) is 7.02. The Balaban J connectivity index is 1.62. The summed E-state index contributed by atoms with van der Waals surface area (Å²) >= 11 is 6.93. The summed E-state index contributed by atoms with van der Waals surface area (Å²) in [5, 5.41) is 19.1. The van der Waals surface area contributed by atoms with Crippen LogP contribution in [0.25, 0.3) is 6.08 Å². The number of hydrogen-bond acceptors (Lipinski definition) is 7. The monoisotopic (exact) mass is 502 g/mol. The average Bonchev–Trinajstić information content (AvgIpc) is 2.82. The molecule has 0 amide bonds. The molecule has 4 rings (SSSR count). The highest BCUT2D eigenvalue weighted by Gasteiger charge is 2.69. The van der Waals surface area contributed by atoms with E-state index in [4.69, 9.17) is 40.7 Å². The van der Waals surface area contributed by atoms with E-state index in [1.807, 2.05) is 42.5 Å². The Hall–Kier alpha value is -2.39. The van der Waals surface area contributed by atoms with E-state index in [-0.39, 0.29) is 13.2 Å². The van der Waals surface area contributed by atoms with Gasteiger partial charge in [0.05, 0.1) is 24.8 Å². The smallest absolute Gasteiger partial charge is 0.261 e. The Labute approximate surface area is 210 Å². The molecule has 0 radical (unpaired) electrons. The number of benzene rings is 2. The van der Waals surface area contributed by atoms with Gasteiger partial charge in [-0.05, 0) is 42.5 Å². The Morgan fingerprint density at radius 1 is 1.14 bits per heavy atom. The Morgan fingerprint density at radius 2 is 1.86 bits per heavy atom. The summed E-state index contributed by atoms with van der Waals surface area (Å²) in [7, 11) is 3.14. The minimum absolute atomic E-state index is 0.264. The molecule has 2 aromatic rings.